The predicted octanol–water partition coefficient (Wildman–Crippen LogP) is 2.41. The normalized spacial score (nSPS) is 11.4. The number of carbonyl (C=O) groups is 1. The zero-order chi connectivity index (χ0) is 20.3. The highest BCUT2D eigenvalue weighted by molar-refractivity contribution is 7.99. The van der Waals surface area contributed by atoms with Gasteiger partial charge in [-0.1, -0.05) is 30.0 Å². The summed E-state index contributed by atoms with van der Waals surface area (Å²) in [5.41, 5.74) is 3.23. The number of aromatic nitrogens is 4. The summed E-state index contributed by atoms with van der Waals surface area (Å²) in [5, 5.41) is 14.8. The fourth-order valence-electron chi connectivity index (χ4n) is 2.71. The number of hydrogen-bond acceptors (Lipinski definition) is 7. The fourth-order valence-corrected chi connectivity index (χ4v) is 4.25. The quantitative estimate of drug-likeness (QED) is 0.614. The maximum absolute atomic E-state index is 12.3. The fraction of sp³-hybridized carbons (Fsp3) is 0.222. The third kappa shape index (κ3) is 4.76. The Kier molecular flexibility index (Phi) is 5.80. The number of anilines is 1. The second kappa shape index (κ2) is 8.11. The molecule has 0 atom stereocenters. The van der Waals surface area contributed by atoms with E-state index in [2.05, 4.69) is 20.8 Å². The summed E-state index contributed by atoms with van der Waals surface area (Å²) in [6, 6.07) is 12.2. The summed E-state index contributed by atoms with van der Waals surface area (Å²) < 4.78 is 25.3. The van der Waals surface area contributed by atoms with E-state index in [1.165, 1.54) is 17.8 Å². The number of tetrazole rings is 1. The Hall–Kier alpha value is -2.72. The molecule has 0 aliphatic rings. The minimum absolute atomic E-state index is 0.0310. The second-order valence-electron chi connectivity index (χ2n) is 6.32. The van der Waals surface area contributed by atoms with Gasteiger partial charge in [-0.25, -0.2) is 8.42 Å². The van der Waals surface area contributed by atoms with Crippen molar-refractivity contribution in [2.75, 3.05) is 17.3 Å². The molecule has 3 rings (SSSR count). The van der Waals surface area contributed by atoms with E-state index >= 15 is 0 Å². The SMILES string of the molecule is Cc1cc(C)cc(-n2nnnc2SCC(=O)Nc2ccccc2S(C)(=O)=O)c1. The zero-order valence-corrected chi connectivity index (χ0v) is 17.2. The van der Waals surface area contributed by atoms with Crippen molar-refractivity contribution in [2.24, 2.45) is 0 Å². The number of amides is 1. The molecule has 2 aromatic carbocycles. The van der Waals surface area contributed by atoms with Gasteiger partial charge in [0.15, 0.2) is 9.84 Å². The molecule has 0 fully saturated rings. The minimum Gasteiger partial charge on any atom is -0.324 e. The monoisotopic (exact) mass is 417 g/mol. The van der Waals surface area contributed by atoms with Crippen LogP contribution in [0, 0.1) is 13.8 Å². The number of nitrogens with one attached hydrogen (secondary N) is 1. The average Bonchev–Trinajstić information content (AvgIpc) is 3.07. The van der Waals surface area contributed by atoms with E-state index in [9.17, 15) is 13.2 Å². The lowest BCUT2D eigenvalue weighted by Gasteiger charge is -2.10. The highest BCUT2D eigenvalue weighted by Crippen LogP contribution is 2.23. The Morgan fingerprint density at radius 3 is 2.50 bits per heavy atom. The maximum atomic E-state index is 12.3. The zero-order valence-electron chi connectivity index (χ0n) is 15.6. The largest absolute Gasteiger partial charge is 0.324 e. The summed E-state index contributed by atoms with van der Waals surface area (Å²) in [6.07, 6.45) is 1.10. The van der Waals surface area contributed by atoms with E-state index < -0.39 is 9.84 Å². The van der Waals surface area contributed by atoms with Crippen LogP contribution in [0.25, 0.3) is 5.69 Å². The highest BCUT2D eigenvalue weighted by Gasteiger charge is 2.16. The van der Waals surface area contributed by atoms with Crippen LogP contribution in [0.15, 0.2) is 52.5 Å². The Balaban J connectivity index is 1.73. The van der Waals surface area contributed by atoms with Gasteiger partial charge >= 0.3 is 0 Å². The summed E-state index contributed by atoms with van der Waals surface area (Å²) in [4.78, 5) is 12.4. The number of rotatable bonds is 6. The van der Waals surface area contributed by atoms with Crippen molar-refractivity contribution in [1.29, 1.82) is 0 Å². The van der Waals surface area contributed by atoms with E-state index in [1.54, 1.807) is 22.9 Å². The van der Waals surface area contributed by atoms with Crippen LogP contribution in [0.5, 0.6) is 0 Å². The van der Waals surface area contributed by atoms with Gasteiger partial charge in [0.25, 0.3) is 0 Å². The van der Waals surface area contributed by atoms with Crippen molar-refractivity contribution in [3.8, 4) is 5.69 Å². The Morgan fingerprint density at radius 1 is 1.14 bits per heavy atom. The van der Waals surface area contributed by atoms with Crippen LogP contribution in [0.3, 0.4) is 0 Å². The number of hydrogen-bond donors (Lipinski definition) is 1. The van der Waals surface area contributed by atoms with Gasteiger partial charge in [-0.15, -0.1) is 5.10 Å². The summed E-state index contributed by atoms with van der Waals surface area (Å²) >= 11 is 1.17. The molecule has 0 unspecified atom stereocenters. The van der Waals surface area contributed by atoms with Gasteiger partial charge in [0, 0.05) is 6.26 Å². The topological polar surface area (TPSA) is 107 Å². The molecule has 146 valence electrons. The van der Waals surface area contributed by atoms with Crippen LogP contribution in [-0.2, 0) is 14.6 Å². The lowest BCUT2D eigenvalue weighted by Crippen LogP contribution is -2.16. The van der Waals surface area contributed by atoms with Crippen molar-refractivity contribution >= 4 is 33.2 Å². The Morgan fingerprint density at radius 2 is 1.82 bits per heavy atom. The van der Waals surface area contributed by atoms with Crippen LogP contribution in [-0.4, -0.2) is 46.5 Å². The van der Waals surface area contributed by atoms with Crippen LogP contribution >= 0.6 is 11.8 Å². The van der Waals surface area contributed by atoms with Crippen molar-refractivity contribution < 1.29 is 13.2 Å². The van der Waals surface area contributed by atoms with E-state index in [0.29, 0.717) is 5.16 Å². The molecular weight excluding hydrogens is 398 g/mol. The number of sulfone groups is 1. The molecule has 0 spiro atoms. The van der Waals surface area contributed by atoms with Crippen LogP contribution in [0.4, 0.5) is 5.69 Å². The molecule has 1 aromatic heterocycles. The lowest BCUT2D eigenvalue weighted by atomic mass is 10.1. The van der Waals surface area contributed by atoms with E-state index in [0.717, 1.165) is 23.1 Å². The third-order valence-corrected chi connectivity index (χ3v) is 5.86. The summed E-state index contributed by atoms with van der Waals surface area (Å²) in [7, 11) is -3.45. The number of benzene rings is 2. The molecule has 0 saturated heterocycles. The predicted molar refractivity (Wildman–Crippen MR) is 108 cm³/mol. The number of nitrogens with zero attached hydrogens (tertiary/aromatic N) is 4. The van der Waals surface area contributed by atoms with E-state index in [1.807, 2.05) is 32.0 Å². The maximum Gasteiger partial charge on any atom is 0.234 e. The molecule has 8 nitrogen and oxygen atoms in total. The molecule has 0 aliphatic heterocycles. The van der Waals surface area contributed by atoms with Crippen LogP contribution in [0.2, 0.25) is 0 Å². The molecular formula is C18H19N5O3S2. The molecule has 0 radical (unpaired) electrons. The van der Waals surface area contributed by atoms with Gasteiger partial charge in [0.1, 0.15) is 0 Å². The summed E-state index contributed by atoms with van der Waals surface area (Å²) in [5.74, 6) is -0.320. The molecule has 0 aliphatic carbocycles. The van der Waals surface area contributed by atoms with Gasteiger partial charge in [0.05, 0.1) is 22.0 Å². The van der Waals surface area contributed by atoms with Gasteiger partial charge in [-0.05, 0) is 59.7 Å². The van der Waals surface area contributed by atoms with Crippen LogP contribution < -0.4 is 5.32 Å². The second-order valence-corrected chi connectivity index (χ2v) is 9.25. The Labute approximate surface area is 167 Å². The smallest absolute Gasteiger partial charge is 0.234 e. The minimum atomic E-state index is -3.45. The Bertz CT molecular complexity index is 1110. The highest BCUT2D eigenvalue weighted by atomic mass is 32.2. The van der Waals surface area contributed by atoms with Crippen molar-refractivity contribution in [3.63, 3.8) is 0 Å². The van der Waals surface area contributed by atoms with E-state index in [-0.39, 0.29) is 22.2 Å². The van der Waals surface area contributed by atoms with E-state index in [4.69, 9.17) is 0 Å². The first-order valence-electron chi connectivity index (χ1n) is 8.33. The van der Waals surface area contributed by atoms with Crippen LogP contribution in [0.1, 0.15) is 11.1 Å². The molecule has 0 saturated carbocycles. The van der Waals surface area contributed by atoms with Gasteiger partial charge < -0.3 is 5.32 Å². The first-order valence-corrected chi connectivity index (χ1v) is 11.2. The molecule has 0 bridgehead atoms. The number of thioether (sulfide) groups is 1. The van der Waals surface area contributed by atoms with Crippen molar-refractivity contribution in [1.82, 2.24) is 20.2 Å². The van der Waals surface area contributed by atoms with Crippen molar-refractivity contribution in [2.45, 2.75) is 23.9 Å². The first kappa shape index (κ1) is 20.0. The lowest BCUT2D eigenvalue weighted by molar-refractivity contribution is -0.113. The molecule has 1 heterocycles. The third-order valence-electron chi connectivity index (χ3n) is 3.78. The molecule has 10 heteroatoms. The molecule has 1 N–H and O–H groups in total. The standard InChI is InChI=1S/C18H19N5O3S2/c1-12-8-13(2)10-14(9-12)23-18(20-21-22-23)27-11-17(24)19-15-6-4-5-7-16(15)28(3,25)26/h4-10H,11H2,1-3H3,(H,19,24). The number of carbonyl (C=O) groups excluding carboxylic acids is 1. The number of para-hydroxylation sites is 1. The first-order chi connectivity index (χ1) is 13.2. The molecule has 3 aromatic rings. The van der Waals surface area contributed by atoms with Gasteiger partial charge in [-0.3, -0.25) is 4.79 Å². The summed E-state index contributed by atoms with van der Waals surface area (Å²) in [6.45, 7) is 3.97. The van der Waals surface area contributed by atoms with Gasteiger partial charge in [-0.2, -0.15) is 4.68 Å². The van der Waals surface area contributed by atoms with Gasteiger partial charge in [0.2, 0.25) is 11.1 Å². The molecule has 28 heavy (non-hydrogen) atoms. The molecule has 1 amide bonds. The number of aryl methyl sites for hydroxylation is 2. The van der Waals surface area contributed by atoms with Crippen molar-refractivity contribution in [3.05, 3.63) is 53.6 Å². The average molecular weight is 418 g/mol.